The van der Waals surface area contributed by atoms with Crippen molar-refractivity contribution in [2.24, 2.45) is 4.99 Å². The number of aromatic amines is 1. The highest BCUT2D eigenvalue weighted by Crippen LogP contribution is 2.23. The number of amides is 1. The fourth-order valence-electron chi connectivity index (χ4n) is 3.43. The molecule has 1 aliphatic heterocycles. The van der Waals surface area contributed by atoms with E-state index in [4.69, 9.17) is 4.74 Å². The van der Waals surface area contributed by atoms with Crippen molar-refractivity contribution in [3.8, 4) is 5.75 Å². The molecule has 0 aliphatic carbocycles. The maximum atomic E-state index is 12.4. The summed E-state index contributed by atoms with van der Waals surface area (Å²) in [5, 5.41) is 21.9. The van der Waals surface area contributed by atoms with Gasteiger partial charge >= 0.3 is 0 Å². The van der Waals surface area contributed by atoms with Crippen LogP contribution in [-0.4, -0.2) is 39.6 Å². The van der Waals surface area contributed by atoms with Gasteiger partial charge in [-0.05, 0) is 58.3 Å². The Bertz CT molecular complexity index is 1340. The second kappa shape index (κ2) is 8.31. The first-order valence-corrected chi connectivity index (χ1v) is 9.94. The molecule has 2 heterocycles. The van der Waals surface area contributed by atoms with E-state index in [1.807, 2.05) is 60.7 Å². The summed E-state index contributed by atoms with van der Waals surface area (Å²) in [6, 6.07) is 19.6. The van der Waals surface area contributed by atoms with Gasteiger partial charge in [-0.15, -0.1) is 10.2 Å². The number of aromatic nitrogens is 4. The number of benzene rings is 3. The highest BCUT2D eigenvalue weighted by atomic mass is 16.5. The first-order chi connectivity index (χ1) is 15.7. The number of hydrogen-bond acceptors (Lipinski definition) is 7. The van der Waals surface area contributed by atoms with E-state index in [0.717, 1.165) is 33.3 Å². The zero-order valence-electron chi connectivity index (χ0n) is 17.2. The Balaban J connectivity index is 1.30. The van der Waals surface area contributed by atoms with Crippen LogP contribution in [0.15, 0.2) is 71.4 Å². The van der Waals surface area contributed by atoms with Crippen LogP contribution in [0.4, 0.5) is 5.69 Å². The third kappa shape index (κ3) is 4.17. The summed E-state index contributed by atoms with van der Waals surface area (Å²) in [6.07, 6.45) is 2.35. The number of rotatable bonds is 5. The molecule has 1 amide bonds. The topological polar surface area (TPSA) is 117 Å². The standard InChI is InChI=1S/C23H19N7O2/c1-32-19-9-6-16-10-15(2-5-17(16)13-19)11-20-22(31)26-23(25-20)24-18-7-3-14(4-8-18)12-21-27-29-30-28-21/h2-11,13H,12H2,1H3,(H2,24,25,26,31)(H,27,28,29,30). The Hall–Kier alpha value is -4.53. The number of guanidine groups is 1. The average molecular weight is 425 g/mol. The van der Waals surface area contributed by atoms with Gasteiger partial charge in [-0.1, -0.05) is 35.5 Å². The molecule has 5 rings (SSSR count). The van der Waals surface area contributed by atoms with Gasteiger partial charge in [0.25, 0.3) is 5.91 Å². The molecule has 0 spiro atoms. The Kier molecular flexibility index (Phi) is 5.04. The van der Waals surface area contributed by atoms with Gasteiger partial charge in [-0.25, -0.2) is 4.99 Å². The van der Waals surface area contributed by atoms with E-state index in [1.54, 1.807) is 13.2 Å². The van der Waals surface area contributed by atoms with E-state index < -0.39 is 0 Å². The molecule has 0 unspecified atom stereocenters. The second-order valence-electron chi connectivity index (χ2n) is 7.24. The number of aliphatic imine (C=N–C) groups is 1. The zero-order valence-corrected chi connectivity index (χ0v) is 17.2. The fraction of sp³-hybridized carbons (Fsp3) is 0.0870. The third-order valence-electron chi connectivity index (χ3n) is 5.04. The molecule has 0 radical (unpaired) electrons. The van der Waals surface area contributed by atoms with Gasteiger partial charge < -0.3 is 10.1 Å². The van der Waals surface area contributed by atoms with Crippen LogP contribution in [0, 0.1) is 0 Å². The normalized spacial score (nSPS) is 14.5. The van der Waals surface area contributed by atoms with Gasteiger partial charge in [-0.2, -0.15) is 5.21 Å². The molecule has 158 valence electrons. The number of tetrazole rings is 1. The maximum absolute atomic E-state index is 12.4. The summed E-state index contributed by atoms with van der Waals surface area (Å²) < 4.78 is 5.27. The van der Waals surface area contributed by atoms with Crippen LogP contribution in [0.5, 0.6) is 5.75 Å². The number of hydrogen-bond donors (Lipinski definition) is 3. The summed E-state index contributed by atoms with van der Waals surface area (Å²) in [4.78, 5) is 16.8. The highest BCUT2D eigenvalue weighted by Gasteiger charge is 2.20. The molecule has 0 bridgehead atoms. The SMILES string of the molecule is COc1ccc2cc(C=C3N=C(Nc4ccc(Cc5nn[nH]n5)cc4)NC3=O)ccc2c1. The van der Waals surface area contributed by atoms with Crippen molar-refractivity contribution in [3.63, 3.8) is 0 Å². The molecule has 32 heavy (non-hydrogen) atoms. The van der Waals surface area contributed by atoms with E-state index in [0.29, 0.717) is 23.9 Å². The van der Waals surface area contributed by atoms with Crippen molar-refractivity contribution in [2.75, 3.05) is 12.4 Å². The molecule has 1 aliphatic rings. The number of nitrogens with zero attached hydrogens (tertiary/aromatic N) is 4. The van der Waals surface area contributed by atoms with Crippen molar-refractivity contribution in [2.45, 2.75) is 6.42 Å². The lowest BCUT2D eigenvalue weighted by Crippen LogP contribution is -2.29. The molecule has 3 N–H and O–H groups in total. The summed E-state index contributed by atoms with van der Waals surface area (Å²) in [5.74, 6) is 1.57. The molecule has 0 atom stereocenters. The average Bonchev–Trinajstić information content (AvgIpc) is 3.44. The lowest BCUT2D eigenvalue weighted by molar-refractivity contribution is -0.115. The Morgan fingerprint density at radius 2 is 1.84 bits per heavy atom. The van der Waals surface area contributed by atoms with Crippen molar-refractivity contribution in [1.82, 2.24) is 25.9 Å². The van der Waals surface area contributed by atoms with Crippen LogP contribution in [0.25, 0.3) is 16.8 Å². The van der Waals surface area contributed by atoms with Crippen LogP contribution < -0.4 is 15.4 Å². The lowest BCUT2D eigenvalue weighted by Gasteiger charge is -2.06. The van der Waals surface area contributed by atoms with Crippen molar-refractivity contribution in [3.05, 3.63) is 83.3 Å². The number of carbonyl (C=O) groups excluding carboxylic acids is 1. The number of nitrogens with one attached hydrogen (secondary N) is 3. The van der Waals surface area contributed by atoms with Crippen molar-refractivity contribution >= 4 is 34.4 Å². The largest absolute Gasteiger partial charge is 0.497 e. The highest BCUT2D eigenvalue weighted by molar-refractivity contribution is 6.17. The molecule has 9 nitrogen and oxygen atoms in total. The van der Waals surface area contributed by atoms with E-state index in [1.165, 1.54) is 0 Å². The molecule has 0 saturated heterocycles. The number of anilines is 1. The van der Waals surface area contributed by atoms with Crippen LogP contribution in [0.2, 0.25) is 0 Å². The first-order valence-electron chi connectivity index (χ1n) is 9.94. The molecular weight excluding hydrogens is 406 g/mol. The lowest BCUT2D eigenvalue weighted by atomic mass is 10.1. The minimum atomic E-state index is -0.254. The predicted octanol–water partition coefficient (Wildman–Crippen LogP) is 2.89. The van der Waals surface area contributed by atoms with Crippen LogP contribution in [0.1, 0.15) is 17.0 Å². The Labute approximate surface area is 183 Å². The smallest absolute Gasteiger partial charge is 0.276 e. The fourth-order valence-corrected chi connectivity index (χ4v) is 3.43. The Morgan fingerprint density at radius 3 is 2.62 bits per heavy atom. The van der Waals surface area contributed by atoms with Crippen molar-refractivity contribution < 1.29 is 9.53 Å². The van der Waals surface area contributed by atoms with Gasteiger partial charge in [0.05, 0.1) is 7.11 Å². The minimum Gasteiger partial charge on any atom is -0.497 e. The van der Waals surface area contributed by atoms with E-state index in [9.17, 15) is 4.79 Å². The molecule has 9 heteroatoms. The summed E-state index contributed by atoms with van der Waals surface area (Å²) in [6.45, 7) is 0. The first kappa shape index (κ1) is 19.4. The van der Waals surface area contributed by atoms with Crippen LogP contribution in [0.3, 0.4) is 0 Å². The molecular formula is C23H19N7O2. The van der Waals surface area contributed by atoms with Crippen molar-refractivity contribution in [1.29, 1.82) is 0 Å². The number of fused-ring (bicyclic) bond motifs is 1. The summed E-state index contributed by atoms with van der Waals surface area (Å²) in [7, 11) is 1.65. The van der Waals surface area contributed by atoms with E-state index in [2.05, 4.69) is 36.3 Å². The molecule has 0 fully saturated rings. The molecule has 0 saturated carbocycles. The molecule has 4 aromatic rings. The molecule has 1 aromatic heterocycles. The summed E-state index contributed by atoms with van der Waals surface area (Å²) in [5.41, 5.74) is 3.09. The second-order valence-corrected chi connectivity index (χ2v) is 7.24. The van der Waals surface area contributed by atoms with Gasteiger partial charge in [0.1, 0.15) is 11.4 Å². The van der Waals surface area contributed by atoms with Gasteiger partial charge in [0.2, 0.25) is 5.96 Å². The van der Waals surface area contributed by atoms with Crippen LogP contribution in [-0.2, 0) is 11.2 Å². The third-order valence-corrected chi connectivity index (χ3v) is 5.04. The molecule has 3 aromatic carbocycles. The Morgan fingerprint density at radius 1 is 1.03 bits per heavy atom. The zero-order chi connectivity index (χ0) is 21.9. The minimum absolute atomic E-state index is 0.254. The predicted molar refractivity (Wildman–Crippen MR) is 121 cm³/mol. The van der Waals surface area contributed by atoms with E-state index >= 15 is 0 Å². The quantitative estimate of drug-likeness (QED) is 0.423. The maximum Gasteiger partial charge on any atom is 0.276 e. The number of ether oxygens (including phenoxy) is 1. The monoisotopic (exact) mass is 425 g/mol. The van der Waals surface area contributed by atoms with Gasteiger partial charge in [-0.3, -0.25) is 10.1 Å². The number of methoxy groups -OCH3 is 1. The number of H-pyrrole nitrogens is 1. The van der Waals surface area contributed by atoms with Gasteiger partial charge in [0, 0.05) is 12.1 Å². The number of carbonyl (C=O) groups is 1. The van der Waals surface area contributed by atoms with Gasteiger partial charge in [0.15, 0.2) is 5.82 Å². The summed E-state index contributed by atoms with van der Waals surface area (Å²) >= 11 is 0. The van der Waals surface area contributed by atoms with E-state index in [-0.39, 0.29) is 5.91 Å². The van der Waals surface area contributed by atoms with Crippen LogP contribution >= 0.6 is 0 Å².